The van der Waals surface area contributed by atoms with Gasteiger partial charge in [0.1, 0.15) is 0 Å². The SMILES string of the molecule is Cc1nc(CNC(=O)c2ccc3c(c2)C(=O)N(C2CCCCC2)C3=O)cs1. The number of amides is 3. The van der Waals surface area contributed by atoms with E-state index in [0.717, 1.165) is 42.8 Å². The molecule has 140 valence electrons. The van der Waals surface area contributed by atoms with Gasteiger partial charge in [0.15, 0.2) is 0 Å². The Kier molecular flexibility index (Phi) is 4.78. The van der Waals surface area contributed by atoms with Crippen molar-refractivity contribution in [1.29, 1.82) is 0 Å². The molecule has 1 saturated carbocycles. The van der Waals surface area contributed by atoms with Gasteiger partial charge in [-0.3, -0.25) is 19.3 Å². The van der Waals surface area contributed by atoms with E-state index in [9.17, 15) is 14.4 Å². The molecule has 0 spiro atoms. The quantitative estimate of drug-likeness (QED) is 0.822. The zero-order valence-corrected chi connectivity index (χ0v) is 16.0. The zero-order valence-electron chi connectivity index (χ0n) is 15.2. The van der Waals surface area contributed by atoms with Crippen LogP contribution in [0.1, 0.15) is 73.9 Å². The molecule has 27 heavy (non-hydrogen) atoms. The van der Waals surface area contributed by atoms with E-state index in [1.54, 1.807) is 18.2 Å². The Hall–Kier alpha value is -2.54. The lowest BCUT2D eigenvalue weighted by Crippen LogP contribution is -2.40. The van der Waals surface area contributed by atoms with Crippen LogP contribution in [0.25, 0.3) is 0 Å². The fourth-order valence-corrected chi connectivity index (χ4v) is 4.45. The van der Waals surface area contributed by atoms with Crippen molar-refractivity contribution in [1.82, 2.24) is 15.2 Å². The van der Waals surface area contributed by atoms with Gasteiger partial charge in [-0.2, -0.15) is 0 Å². The van der Waals surface area contributed by atoms with Crippen molar-refractivity contribution in [2.45, 2.75) is 51.6 Å². The van der Waals surface area contributed by atoms with Crippen LogP contribution in [0.4, 0.5) is 0 Å². The monoisotopic (exact) mass is 383 g/mol. The number of fused-ring (bicyclic) bond motifs is 1. The number of carbonyl (C=O) groups is 3. The number of imide groups is 1. The van der Waals surface area contributed by atoms with Gasteiger partial charge in [-0.05, 0) is 38.0 Å². The molecule has 0 saturated heterocycles. The maximum atomic E-state index is 12.8. The van der Waals surface area contributed by atoms with Crippen molar-refractivity contribution in [2.24, 2.45) is 0 Å². The summed E-state index contributed by atoms with van der Waals surface area (Å²) in [5, 5.41) is 5.67. The van der Waals surface area contributed by atoms with Crippen molar-refractivity contribution in [3.05, 3.63) is 51.0 Å². The van der Waals surface area contributed by atoms with Gasteiger partial charge in [0, 0.05) is 17.0 Å². The van der Waals surface area contributed by atoms with E-state index in [0.29, 0.717) is 23.2 Å². The molecule has 3 amide bonds. The molecule has 2 aliphatic rings. The molecule has 1 aromatic carbocycles. The van der Waals surface area contributed by atoms with Gasteiger partial charge in [0.2, 0.25) is 0 Å². The van der Waals surface area contributed by atoms with Crippen LogP contribution in [0.3, 0.4) is 0 Å². The minimum atomic E-state index is -0.278. The number of aromatic nitrogens is 1. The molecule has 0 unspecified atom stereocenters. The lowest BCUT2D eigenvalue weighted by atomic mass is 9.94. The highest BCUT2D eigenvalue weighted by Gasteiger charge is 2.40. The summed E-state index contributed by atoms with van der Waals surface area (Å²) >= 11 is 1.53. The number of aryl methyl sites for hydroxylation is 1. The minimum Gasteiger partial charge on any atom is -0.346 e. The molecule has 1 fully saturated rings. The van der Waals surface area contributed by atoms with Crippen molar-refractivity contribution in [2.75, 3.05) is 0 Å². The highest BCUT2D eigenvalue weighted by Crippen LogP contribution is 2.31. The minimum absolute atomic E-state index is 0.0173. The highest BCUT2D eigenvalue weighted by molar-refractivity contribution is 7.09. The number of nitrogens with one attached hydrogen (secondary N) is 1. The van der Waals surface area contributed by atoms with Crippen molar-refractivity contribution in [3.8, 4) is 0 Å². The van der Waals surface area contributed by atoms with Gasteiger partial charge < -0.3 is 5.32 Å². The summed E-state index contributed by atoms with van der Waals surface area (Å²) in [7, 11) is 0. The molecule has 7 heteroatoms. The van der Waals surface area contributed by atoms with Crippen LogP contribution in [-0.4, -0.2) is 33.6 Å². The second-order valence-electron chi connectivity index (χ2n) is 7.07. The topological polar surface area (TPSA) is 79.4 Å². The van der Waals surface area contributed by atoms with Crippen molar-refractivity contribution >= 4 is 29.1 Å². The first kappa shape index (κ1) is 17.9. The summed E-state index contributed by atoms with van der Waals surface area (Å²) in [5.41, 5.74) is 1.93. The maximum Gasteiger partial charge on any atom is 0.261 e. The third-order valence-electron chi connectivity index (χ3n) is 5.22. The van der Waals surface area contributed by atoms with E-state index >= 15 is 0 Å². The average Bonchev–Trinajstić information content (AvgIpc) is 3.21. The Bertz CT molecular complexity index is 915. The summed E-state index contributed by atoms with van der Waals surface area (Å²) in [6.45, 7) is 2.25. The molecule has 0 bridgehead atoms. The zero-order chi connectivity index (χ0) is 19.0. The van der Waals surface area contributed by atoms with E-state index in [1.807, 2.05) is 12.3 Å². The molecule has 1 aliphatic carbocycles. The van der Waals surface area contributed by atoms with Crippen LogP contribution < -0.4 is 5.32 Å². The number of hydrogen-bond donors (Lipinski definition) is 1. The molecule has 1 aliphatic heterocycles. The summed E-state index contributed by atoms with van der Waals surface area (Å²) in [6.07, 6.45) is 4.98. The van der Waals surface area contributed by atoms with Crippen molar-refractivity contribution < 1.29 is 14.4 Å². The van der Waals surface area contributed by atoms with Crippen LogP contribution in [0.15, 0.2) is 23.6 Å². The van der Waals surface area contributed by atoms with Gasteiger partial charge in [0.05, 0.1) is 28.4 Å². The van der Waals surface area contributed by atoms with Gasteiger partial charge in [-0.25, -0.2) is 4.98 Å². The standard InChI is InChI=1S/C20H21N3O3S/c1-12-22-14(11-27-12)10-21-18(24)13-7-8-16-17(9-13)20(26)23(19(16)25)15-5-3-2-4-6-15/h7-9,11,15H,2-6,10H2,1H3,(H,21,24). The number of nitrogens with zero attached hydrogens (tertiary/aromatic N) is 2. The molecule has 6 nitrogen and oxygen atoms in total. The molecule has 2 heterocycles. The molecule has 0 atom stereocenters. The highest BCUT2D eigenvalue weighted by atomic mass is 32.1. The average molecular weight is 383 g/mol. The number of rotatable bonds is 4. The Labute approximate surface area is 161 Å². The summed E-state index contributed by atoms with van der Waals surface area (Å²) in [5.74, 6) is -0.779. The van der Waals surface area contributed by atoms with E-state index in [-0.39, 0.29) is 23.8 Å². The Morgan fingerprint density at radius 1 is 1.19 bits per heavy atom. The predicted molar refractivity (Wildman–Crippen MR) is 102 cm³/mol. The predicted octanol–water partition coefficient (Wildman–Crippen LogP) is 3.31. The summed E-state index contributed by atoms with van der Waals surface area (Å²) in [6, 6.07) is 4.73. The third kappa shape index (κ3) is 3.39. The van der Waals surface area contributed by atoms with Gasteiger partial charge in [0.25, 0.3) is 17.7 Å². The largest absolute Gasteiger partial charge is 0.346 e. The third-order valence-corrected chi connectivity index (χ3v) is 6.04. The number of carbonyl (C=O) groups excluding carboxylic acids is 3. The van der Waals surface area contributed by atoms with Crippen LogP contribution in [0, 0.1) is 6.92 Å². The van der Waals surface area contributed by atoms with Crippen LogP contribution in [-0.2, 0) is 6.54 Å². The number of hydrogen-bond acceptors (Lipinski definition) is 5. The smallest absolute Gasteiger partial charge is 0.261 e. The van der Waals surface area contributed by atoms with Crippen molar-refractivity contribution in [3.63, 3.8) is 0 Å². The first-order valence-corrected chi connectivity index (χ1v) is 10.1. The van der Waals surface area contributed by atoms with Gasteiger partial charge in [-0.1, -0.05) is 19.3 Å². The molecule has 1 N–H and O–H groups in total. The molecular weight excluding hydrogens is 362 g/mol. The van der Waals surface area contributed by atoms with E-state index in [2.05, 4.69) is 10.3 Å². The lowest BCUT2D eigenvalue weighted by molar-refractivity contribution is 0.0549. The Morgan fingerprint density at radius 2 is 1.93 bits per heavy atom. The number of thiazole rings is 1. The van der Waals surface area contributed by atoms with Gasteiger partial charge >= 0.3 is 0 Å². The number of benzene rings is 1. The van der Waals surface area contributed by atoms with E-state index in [1.165, 1.54) is 16.2 Å². The first-order valence-electron chi connectivity index (χ1n) is 9.26. The van der Waals surface area contributed by atoms with Crippen LogP contribution >= 0.6 is 11.3 Å². The maximum absolute atomic E-state index is 12.8. The van der Waals surface area contributed by atoms with Crippen LogP contribution in [0.5, 0.6) is 0 Å². The Morgan fingerprint density at radius 3 is 2.63 bits per heavy atom. The van der Waals surface area contributed by atoms with E-state index < -0.39 is 0 Å². The second-order valence-corrected chi connectivity index (χ2v) is 8.14. The second kappa shape index (κ2) is 7.23. The fraction of sp³-hybridized carbons (Fsp3) is 0.400. The fourth-order valence-electron chi connectivity index (χ4n) is 3.83. The molecule has 4 rings (SSSR count). The lowest BCUT2D eigenvalue weighted by Gasteiger charge is -2.29. The van der Waals surface area contributed by atoms with E-state index in [4.69, 9.17) is 0 Å². The van der Waals surface area contributed by atoms with Crippen LogP contribution in [0.2, 0.25) is 0 Å². The Balaban J connectivity index is 1.50. The van der Waals surface area contributed by atoms with Gasteiger partial charge in [-0.15, -0.1) is 11.3 Å². The molecule has 2 aromatic rings. The molecular formula is C20H21N3O3S. The summed E-state index contributed by atoms with van der Waals surface area (Å²) < 4.78 is 0. The first-order chi connectivity index (χ1) is 13.0. The normalized spacial score (nSPS) is 17.3. The molecule has 1 aromatic heterocycles. The molecule has 0 radical (unpaired) electrons. The summed E-state index contributed by atoms with van der Waals surface area (Å²) in [4.78, 5) is 43.7.